The molecule has 0 atom stereocenters. The van der Waals surface area contributed by atoms with Crippen LogP contribution in [0.2, 0.25) is 0 Å². The summed E-state index contributed by atoms with van der Waals surface area (Å²) in [4.78, 5) is 6.50. The van der Waals surface area contributed by atoms with E-state index in [0.29, 0.717) is 30.3 Å². The van der Waals surface area contributed by atoms with Gasteiger partial charge in [0.1, 0.15) is 23.1 Å². The summed E-state index contributed by atoms with van der Waals surface area (Å²) in [6, 6.07) is 8.48. The molecule has 1 aliphatic heterocycles. The van der Waals surface area contributed by atoms with Gasteiger partial charge in [0, 0.05) is 31.4 Å². The summed E-state index contributed by atoms with van der Waals surface area (Å²) < 4.78 is 24.6. The average Bonchev–Trinajstić information content (AvgIpc) is 2.52. The normalized spacial score (nSPS) is 15.0. The zero-order valence-electron chi connectivity index (χ0n) is 11.9. The van der Waals surface area contributed by atoms with Crippen molar-refractivity contribution in [1.82, 2.24) is 4.98 Å². The molecule has 0 radical (unpaired) electrons. The summed E-state index contributed by atoms with van der Waals surface area (Å²) in [7, 11) is 0. The lowest BCUT2D eigenvalue weighted by atomic mass is 10.2. The van der Waals surface area contributed by atoms with E-state index in [9.17, 15) is 4.39 Å². The molecule has 0 aliphatic carbocycles. The van der Waals surface area contributed by atoms with Gasteiger partial charge in [-0.15, -0.1) is 0 Å². The van der Waals surface area contributed by atoms with E-state index < -0.39 is 0 Å². The van der Waals surface area contributed by atoms with Gasteiger partial charge in [-0.3, -0.25) is 0 Å². The minimum Gasteiger partial charge on any atom is -0.457 e. The number of hydrogen-bond donors (Lipinski definition) is 0. The van der Waals surface area contributed by atoms with Crippen LogP contribution in [0, 0.1) is 12.7 Å². The third kappa shape index (κ3) is 3.31. The largest absolute Gasteiger partial charge is 0.457 e. The maximum atomic E-state index is 13.5. The number of pyridine rings is 1. The Morgan fingerprint density at radius 2 is 1.90 bits per heavy atom. The van der Waals surface area contributed by atoms with Crippen molar-refractivity contribution in [3.8, 4) is 11.5 Å². The molecule has 21 heavy (non-hydrogen) atoms. The third-order valence-electron chi connectivity index (χ3n) is 3.43. The number of hydrogen-bond acceptors (Lipinski definition) is 4. The minimum absolute atomic E-state index is 0.269. The fourth-order valence-electron chi connectivity index (χ4n) is 2.20. The zero-order valence-corrected chi connectivity index (χ0v) is 11.9. The monoisotopic (exact) mass is 288 g/mol. The lowest BCUT2D eigenvalue weighted by Crippen LogP contribution is -2.36. The Morgan fingerprint density at radius 3 is 2.67 bits per heavy atom. The van der Waals surface area contributed by atoms with Crippen molar-refractivity contribution < 1.29 is 13.9 Å². The Bertz CT molecular complexity index is 627. The van der Waals surface area contributed by atoms with Crippen LogP contribution in [0.3, 0.4) is 0 Å². The van der Waals surface area contributed by atoms with Crippen LogP contribution in [0.25, 0.3) is 0 Å². The molecule has 1 aromatic carbocycles. The number of nitrogens with zero attached hydrogens (tertiary/aromatic N) is 2. The van der Waals surface area contributed by atoms with E-state index in [-0.39, 0.29) is 5.82 Å². The lowest BCUT2D eigenvalue weighted by Gasteiger charge is -2.27. The van der Waals surface area contributed by atoms with Crippen LogP contribution in [-0.4, -0.2) is 31.3 Å². The highest BCUT2D eigenvalue weighted by Gasteiger charge is 2.13. The standard InChI is InChI=1S/C16H17FN2O2/c1-12-2-3-13(10-15(12)17)21-14-4-5-18-16(11-14)19-6-8-20-9-7-19/h2-5,10-11H,6-9H2,1H3. The molecule has 2 aromatic rings. The number of rotatable bonds is 3. The molecule has 1 saturated heterocycles. The first kappa shape index (κ1) is 13.8. The van der Waals surface area contributed by atoms with Crippen LogP contribution in [0.5, 0.6) is 11.5 Å². The van der Waals surface area contributed by atoms with Crippen LogP contribution in [-0.2, 0) is 4.74 Å². The highest BCUT2D eigenvalue weighted by Crippen LogP contribution is 2.26. The quantitative estimate of drug-likeness (QED) is 0.869. The second-order valence-corrected chi connectivity index (χ2v) is 4.96. The molecule has 2 heterocycles. The number of aryl methyl sites for hydroxylation is 1. The van der Waals surface area contributed by atoms with Gasteiger partial charge in [-0.05, 0) is 24.6 Å². The van der Waals surface area contributed by atoms with Crippen molar-refractivity contribution in [2.24, 2.45) is 0 Å². The Labute approximate surface area is 123 Å². The minimum atomic E-state index is -0.269. The first-order chi connectivity index (χ1) is 10.2. The highest BCUT2D eigenvalue weighted by molar-refractivity contribution is 5.45. The maximum Gasteiger partial charge on any atom is 0.132 e. The highest BCUT2D eigenvalue weighted by atomic mass is 19.1. The van der Waals surface area contributed by atoms with E-state index >= 15 is 0 Å². The molecule has 1 fully saturated rings. The van der Waals surface area contributed by atoms with Crippen LogP contribution in [0.1, 0.15) is 5.56 Å². The van der Waals surface area contributed by atoms with Gasteiger partial charge in [0.2, 0.25) is 0 Å². The van der Waals surface area contributed by atoms with E-state index in [4.69, 9.17) is 9.47 Å². The van der Waals surface area contributed by atoms with E-state index in [1.165, 1.54) is 6.07 Å². The number of anilines is 1. The molecule has 4 nitrogen and oxygen atoms in total. The maximum absolute atomic E-state index is 13.5. The second-order valence-electron chi connectivity index (χ2n) is 4.96. The van der Waals surface area contributed by atoms with E-state index in [1.807, 2.05) is 6.07 Å². The Kier molecular flexibility index (Phi) is 4.01. The summed E-state index contributed by atoms with van der Waals surface area (Å²) in [5.74, 6) is 1.71. The van der Waals surface area contributed by atoms with Gasteiger partial charge in [-0.1, -0.05) is 6.07 Å². The number of aromatic nitrogens is 1. The topological polar surface area (TPSA) is 34.6 Å². The molecule has 0 saturated carbocycles. The van der Waals surface area contributed by atoms with E-state index in [0.717, 1.165) is 18.9 Å². The number of morpholine rings is 1. The Balaban J connectivity index is 1.77. The molecule has 0 N–H and O–H groups in total. The van der Waals surface area contributed by atoms with Crippen LogP contribution < -0.4 is 9.64 Å². The number of benzene rings is 1. The SMILES string of the molecule is Cc1ccc(Oc2ccnc(N3CCOCC3)c2)cc1F. The molecule has 3 rings (SSSR count). The van der Waals surface area contributed by atoms with Gasteiger partial charge in [0.25, 0.3) is 0 Å². The lowest BCUT2D eigenvalue weighted by molar-refractivity contribution is 0.122. The summed E-state index contributed by atoms with van der Waals surface area (Å²) in [6.45, 7) is 4.76. The summed E-state index contributed by atoms with van der Waals surface area (Å²) in [5, 5.41) is 0. The smallest absolute Gasteiger partial charge is 0.132 e. The fourth-order valence-corrected chi connectivity index (χ4v) is 2.20. The molecular formula is C16H17FN2O2. The Hall–Kier alpha value is -2.14. The molecule has 0 spiro atoms. The van der Waals surface area contributed by atoms with Gasteiger partial charge in [-0.2, -0.15) is 0 Å². The van der Waals surface area contributed by atoms with Crippen LogP contribution >= 0.6 is 0 Å². The van der Waals surface area contributed by atoms with Crippen LogP contribution in [0.4, 0.5) is 10.2 Å². The first-order valence-electron chi connectivity index (χ1n) is 6.95. The number of ether oxygens (including phenoxy) is 2. The van der Waals surface area contributed by atoms with Crippen molar-refractivity contribution in [1.29, 1.82) is 0 Å². The summed E-state index contributed by atoms with van der Waals surface area (Å²) in [6.07, 6.45) is 1.70. The molecule has 1 aromatic heterocycles. The summed E-state index contributed by atoms with van der Waals surface area (Å²) in [5.41, 5.74) is 0.603. The molecular weight excluding hydrogens is 271 g/mol. The van der Waals surface area contributed by atoms with Crippen molar-refractivity contribution in [3.05, 3.63) is 47.9 Å². The predicted octanol–water partition coefficient (Wildman–Crippen LogP) is 3.16. The third-order valence-corrected chi connectivity index (χ3v) is 3.43. The predicted molar refractivity (Wildman–Crippen MR) is 78.5 cm³/mol. The summed E-state index contributed by atoms with van der Waals surface area (Å²) >= 11 is 0. The molecule has 110 valence electrons. The van der Waals surface area contributed by atoms with Crippen molar-refractivity contribution in [3.63, 3.8) is 0 Å². The fraction of sp³-hybridized carbons (Fsp3) is 0.312. The number of halogens is 1. The molecule has 5 heteroatoms. The van der Waals surface area contributed by atoms with Gasteiger partial charge >= 0.3 is 0 Å². The first-order valence-corrected chi connectivity index (χ1v) is 6.95. The Morgan fingerprint density at radius 1 is 1.14 bits per heavy atom. The van der Waals surface area contributed by atoms with Crippen molar-refractivity contribution in [2.45, 2.75) is 6.92 Å². The van der Waals surface area contributed by atoms with Crippen molar-refractivity contribution >= 4 is 5.82 Å². The van der Waals surface area contributed by atoms with Gasteiger partial charge in [-0.25, -0.2) is 9.37 Å². The van der Waals surface area contributed by atoms with Crippen LogP contribution in [0.15, 0.2) is 36.5 Å². The zero-order chi connectivity index (χ0) is 14.7. The van der Waals surface area contributed by atoms with Gasteiger partial charge in [0.15, 0.2) is 0 Å². The molecule has 0 unspecified atom stereocenters. The van der Waals surface area contributed by atoms with Gasteiger partial charge < -0.3 is 14.4 Å². The average molecular weight is 288 g/mol. The molecule has 0 amide bonds. The van der Waals surface area contributed by atoms with Crippen molar-refractivity contribution in [2.75, 3.05) is 31.2 Å². The second kappa shape index (κ2) is 6.10. The van der Waals surface area contributed by atoms with Gasteiger partial charge in [0.05, 0.1) is 13.2 Å². The van der Waals surface area contributed by atoms with E-state index in [1.54, 1.807) is 31.3 Å². The molecule has 1 aliphatic rings. The molecule has 0 bridgehead atoms. The van der Waals surface area contributed by atoms with E-state index in [2.05, 4.69) is 9.88 Å².